The number of methoxy groups -OCH3 is 1. The highest BCUT2D eigenvalue weighted by molar-refractivity contribution is 5.05. The third-order valence-electron chi connectivity index (χ3n) is 3.87. The average molecular weight is 237 g/mol. The molecule has 98 valence electrons. The molecule has 17 heavy (non-hydrogen) atoms. The van der Waals surface area contributed by atoms with Gasteiger partial charge in [-0.15, -0.1) is 11.8 Å². The van der Waals surface area contributed by atoms with Crippen molar-refractivity contribution in [3.63, 3.8) is 0 Å². The highest BCUT2D eigenvalue weighted by Gasteiger charge is 2.39. The Bertz CT molecular complexity index is 258. The van der Waals surface area contributed by atoms with E-state index >= 15 is 0 Å². The number of rotatable bonds is 6. The molecule has 0 aliphatic heterocycles. The van der Waals surface area contributed by atoms with Gasteiger partial charge in [-0.1, -0.05) is 26.2 Å². The van der Waals surface area contributed by atoms with Gasteiger partial charge in [0.25, 0.3) is 0 Å². The molecule has 0 aromatic rings. The first kappa shape index (κ1) is 14.5. The Kier molecular flexibility index (Phi) is 6.62. The molecule has 0 spiro atoms. The normalized spacial score (nSPS) is 20.4. The summed E-state index contributed by atoms with van der Waals surface area (Å²) in [7, 11) is 1.87. The largest absolute Gasteiger partial charge is 0.377 e. The maximum atomic E-state index is 5.90. The Balaban J connectivity index is 2.70. The van der Waals surface area contributed by atoms with Crippen LogP contribution in [0.3, 0.4) is 0 Å². The van der Waals surface area contributed by atoms with Gasteiger partial charge in [-0.25, -0.2) is 0 Å². The van der Waals surface area contributed by atoms with Crippen molar-refractivity contribution in [3.05, 3.63) is 0 Å². The minimum atomic E-state index is 0.0251. The molecule has 1 saturated carbocycles. The molecule has 0 amide bonds. The topological polar surface area (TPSA) is 21.3 Å². The number of ether oxygens (including phenoxy) is 1. The Morgan fingerprint density at radius 2 is 2.00 bits per heavy atom. The molecule has 0 bridgehead atoms. The quantitative estimate of drug-likeness (QED) is 0.717. The minimum Gasteiger partial charge on any atom is -0.377 e. The van der Waals surface area contributed by atoms with Gasteiger partial charge >= 0.3 is 0 Å². The Labute approximate surface area is 107 Å². The van der Waals surface area contributed by atoms with E-state index in [0.717, 1.165) is 19.4 Å². The summed E-state index contributed by atoms with van der Waals surface area (Å²) in [6.45, 7) is 5.17. The van der Waals surface area contributed by atoms with Gasteiger partial charge in [0, 0.05) is 19.6 Å². The van der Waals surface area contributed by atoms with Gasteiger partial charge in [-0.3, -0.25) is 0 Å². The molecule has 0 aromatic heterocycles. The molecule has 1 aliphatic carbocycles. The lowest BCUT2D eigenvalue weighted by atomic mass is 9.78. The predicted molar refractivity (Wildman–Crippen MR) is 73.0 cm³/mol. The Morgan fingerprint density at radius 1 is 1.29 bits per heavy atom. The fraction of sp³-hybridized carbons (Fsp3) is 0.867. The van der Waals surface area contributed by atoms with Crippen LogP contribution >= 0.6 is 0 Å². The van der Waals surface area contributed by atoms with E-state index in [1.54, 1.807) is 0 Å². The molecule has 2 nitrogen and oxygen atoms in total. The van der Waals surface area contributed by atoms with Gasteiger partial charge in [0.05, 0.1) is 5.60 Å². The van der Waals surface area contributed by atoms with E-state index in [-0.39, 0.29) is 5.60 Å². The van der Waals surface area contributed by atoms with Crippen LogP contribution in [0.1, 0.15) is 58.8 Å². The van der Waals surface area contributed by atoms with Gasteiger partial charge < -0.3 is 10.1 Å². The zero-order valence-corrected chi connectivity index (χ0v) is 11.6. The van der Waals surface area contributed by atoms with Crippen molar-refractivity contribution in [2.75, 3.05) is 13.7 Å². The third kappa shape index (κ3) is 4.01. The van der Waals surface area contributed by atoms with Crippen molar-refractivity contribution in [3.8, 4) is 11.8 Å². The molecule has 1 unspecified atom stereocenters. The second kappa shape index (κ2) is 7.74. The Hall–Kier alpha value is -0.520. The summed E-state index contributed by atoms with van der Waals surface area (Å²) < 4.78 is 5.90. The van der Waals surface area contributed by atoms with Gasteiger partial charge in [-0.05, 0) is 32.7 Å². The summed E-state index contributed by atoms with van der Waals surface area (Å²) in [4.78, 5) is 0. The fourth-order valence-corrected chi connectivity index (χ4v) is 2.81. The smallest absolute Gasteiger partial charge is 0.0840 e. The van der Waals surface area contributed by atoms with Crippen molar-refractivity contribution in [1.82, 2.24) is 5.32 Å². The predicted octanol–water partition coefficient (Wildman–Crippen LogP) is 3.12. The minimum absolute atomic E-state index is 0.0251. The first-order valence-electron chi connectivity index (χ1n) is 6.97. The van der Waals surface area contributed by atoms with Crippen molar-refractivity contribution >= 4 is 0 Å². The van der Waals surface area contributed by atoms with Crippen LogP contribution in [-0.2, 0) is 4.74 Å². The van der Waals surface area contributed by atoms with E-state index in [4.69, 9.17) is 4.74 Å². The summed E-state index contributed by atoms with van der Waals surface area (Å²) in [5.41, 5.74) is 0.0251. The maximum Gasteiger partial charge on any atom is 0.0840 e. The summed E-state index contributed by atoms with van der Waals surface area (Å²) in [6.07, 6.45) is 8.35. The highest BCUT2D eigenvalue weighted by atomic mass is 16.5. The second-order valence-corrected chi connectivity index (χ2v) is 4.97. The average Bonchev–Trinajstić information content (AvgIpc) is 2.39. The van der Waals surface area contributed by atoms with E-state index in [0.29, 0.717) is 6.04 Å². The molecule has 1 aliphatic rings. The highest BCUT2D eigenvalue weighted by Crippen LogP contribution is 2.35. The van der Waals surface area contributed by atoms with Crippen molar-refractivity contribution in [1.29, 1.82) is 0 Å². The van der Waals surface area contributed by atoms with Crippen LogP contribution in [0.2, 0.25) is 0 Å². The van der Waals surface area contributed by atoms with Crippen LogP contribution < -0.4 is 5.32 Å². The molecule has 1 atom stereocenters. The van der Waals surface area contributed by atoms with Gasteiger partial charge in [0.1, 0.15) is 0 Å². The monoisotopic (exact) mass is 237 g/mol. The molecule has 0 saturated heterocycles. The summed E-state index contributed by atoms with van der Waals surface area (Å²) in [6, 6.07) is 0.389. The van der Waals surface area contributed by atoms with Crippen LogP contribution in [0, 0.1) is 11.8 Å². The fourth-order valence-electron chi connectivity index (χ4n) is 2.81. The zero-order valence-electron chi connectivity index (χ0n) is 11.6. The van der Waals surface area contributed by atoms with E-state index in [2.05, 4.69) is 24.1 Å². The summed E-state index contributed by atoms with van der Waals surface area (Å²) in [5, 5.41) is 3.64. The molecule has 1 fully saturated rings. The SMILES string of the molecule is CC#CCC(NCCC)C1(OC)CCCCC1. The maximum absolute atomic E-state index is 5.90. The molecule has 1 N–H and O–H groups in total. The first-order valence-corrected chi connectivity index (χ1v) is 6.97. The van der Waals surface area contributed by atoms with Gasteiger partial charge in [-0.2, -0.15) is 0 Å². The number of hydrogen-bond acceptors (Lipinski definition) is 2. The molecular formula is C15H27NO. The standard InChI is InChI=1S/C15H27NO/c1-4-6-10-14(16-13-5-2)15(17-3)11-8-7-9-12-15/h14,16H,5,7-13H2,1-3H3. The second-order valence-electron chi connectivity index (χ2n) is 4.97. The summed E-state index contributed by atoms with van der Waals surface area (Å²) >= 11 is 0. The first-order chi connectivity index (χ1) is 8.29. The molecule has 0 heterocycles. The van der Waals surface area contributed by atoms with E-state index in [9.17, 15) is 0 Å². The molecular weight excluding hydrogens is 210 g/mol. The van der Waals surface area contributed by atoms with E-state index < -0.39 is 0 Å². The Morgan fingerprint density at radius 3 is 2.53 bits per heavy atom. The van der Waals surface area contributed by atoms with E-state index in [1.807, 2.05) is 14.0 Å². The molecule has 0 radical (unpaired) electrons. The lowest BCUT2D eigenvalue weighted by molar-refractivity contribution is -0.0661. The number of hydrogen-bond donors (Lipinski definition) is 1. The molecule has 0 aromatic carbocycles. The lowest BCUT2D eigenvalue weighted by Gasteiger charge is -2.42. The number of nitrogens with one attached hydrogen (secondary N) is 1. The molecule has 2 heteroatoms. The third-order valence-corrected chi connectivity index (χ3v) is 3.87. The zero-order chi connectivity index (χ0) is 12.6. The van der Waals surface area contributed by atoms with Crippen LogP contribution in [0.15, 0.2) is 0 Å². The van der Waals surface area contributed by atoms with Crippen LogP contribution in [0.5, 0.6) is 0 Å². The summed E-state index contributed by atoms with van der Waals surface area (Å²) in [5.74, 6) is 6.23. The molecule has 1 rings (SSSR count). The van der Waals surface area contributed by atoms with Crippen molar-refractivity contribution in [2.24, 2.45) is 0 Å². The van der Waals surface area contributed by atoms with Gasteiger partial charge in [0.2, 0.25) is 0 Å². The van der Waals surface area contributed by atoms with Gasteiger partial charge in [0.15, 0.2) is 0 Å². The van der Waals surface area contributed by atoms with E-state index in [1.165, 1.54) is 32.1 Å². The van der Waals surface area contributed by atoms with Crippen LogP contribution in [0.25, 0.3) is 0 Å². The lowest BCUT2D eigenvalue weighted by Crippen LogP contribution is -2.53. The van der Waals surface area contributed by atoms with Crippen molar-refractivity contribution in [2.45, 2.75) is 70.4 Å². The van der Waals surface area contributed by atoms with Crippen molar-refractivity contribution < 1.29 is 4.74 Å². The van der Waals surface area contributed by atoms with Crippen LogP contribution in [-0.4, -0.2) is 25.3 Å². The van der Waals surface area contributed by atoms with Crippen LogP contribution in [0.4, 0.5) is 0 Å².